The van der Waals surface area contributed by atoms with Crippen LogP contribution in [0.4, 0.5) is 0 Å². The highest BCUT2D eigenvalue weighted by Gasteiger charge is 2.26. The normalized spacial score (nSPS) is 16.2. The van der Waals surface area contributed by atoms with Gasteiger partial charge < -0.3 is 15.2 Å². The number of rotatable bonds is 5. The summed E-state index contributed by atoms with van der Waals surface area (Å²) >= 11 is 0. The Bertz CT molecular complexity index is 739. The summed E-state index contributed by atoms with van der Waals surface area (Å²) in [5.41, 5.74) is 3.33. The van der Waals surface area contributed by atoms with Crippen LogP contribution in [0.1, 0.15) is 33.2 Å². The maximum Gasteiger partial charge on any atom is 0.335 e. The molecule has 2 N–H and O–H groups in total. The quantitative estimate of drug-likeness (QED) is 0.885. The average Bonchev–Trinajstić information content (AvgIpc) is 2.61. The van der Waals surface area contributed by atoms with Crippen LogP contribution >= 0.6 is 0 Å². The molecule has 0 aliphatic carbocycles. The smallest absolute Gasteiger partial charge is 0.335 e. The van der Waals surface area contributed by atoms with Gasteiger partial charge in [-0.25, -0.2) is 4.79 Å². The molecule has 1 atom stereocenters. The van der Waals surface area contributed by atoms with Gasteiger partial charge in [-0.15, -0.1) is 0 Å². The molecule has 0 saturated carbocycles. The molecule has 1 heterocycles. The minimum Gasteiger partial charge on any atom is -0.478 e. The van der Waals surface area contributed by atoms with Crippen molar-refractivity contribution in [3.05, 3.63) is 70.8 Å². The van der Waals surface area contributed by atoms with Gasteiger partial charge in [0.15, 0.2) is 6.10 Å². The van der Waals surface area contributed by atoms with Gasteiger partial charge in [0.25, 0.3) is 5.91 Å². The minimum atomic E-state index is -0.942. The lowest BCUT2D eigenvalue weighted by Crippen LogP contribution is -2.34. The molecule has 1 aliphatic heterocycles. The number of hydrogen-bond donors (Lipinski definition) is 2. The summed E-state index contributed by atoms with van der Waals surface area (Å²) < 4.78 is 5.63. The zero-order chi connectivity index (χ0) is 16.9. The molecule has 0 aromatic heterocycles. The number of nitrogens with one attached hydrogen (secondary N) is 1. The molecule has 2 aromatic rings. The van der Waals surface area contributed by atoms with Gasteiger partial charge in [0.2, 0.25) is 0 Å². The molecule has 1 unspecified atom stereocenters. The Morgan fingerprint density at radius 2 is 1.88 bits per heavy atom. The van der Waals surface area contributed by atoms with Gasteiger partial charge in [0.05, 0.1) is 12.2 Å². The third-order valence-electron chi connectivity index (χ3n) is 4.15. The standard InChI is InChI=1S/C19H19NO4/c21-18(17-16-4-2-1-3-14(16)10-12-24-17)20-11-9-13-5-7-15(8-6-13)19(22)23/h1-8,17H,9-12H2,(H,20,21)(H,22,23). The van der Waals surface area contributed by atoms with Gasteiger partial charge in [-0.05, 0) is 41.7 Å². The van der Waals surface area contributed by atoms with Crippen molar-refractivity contribution in [3.8, 4) is 0 Å². The molecule has 0 radical (unpaired) electrons. The van der Waals surface area contributed by atoms with Crippen LogP contribution in [0.15, 0.2) is 48.5 Å². The minimum absolute atomic E-state index is 0.135. The number of carbonyl (C=O) groups excluding carboxylic acids is 1. The fourth-order valence-electron chi connectivity index (χ4n) is 2.85. The average molecular weight is 325 g/mol. The number of carboxylic acids is 1. The summed E-state index contributed by atoms with van der Waals surface area (Å²) in [4.78, 5) is 23.2. The van der Waals surface area contributed by atoms with Crippen molar-refractivity contribution >= 4 is 11.9 Å². The van der Waals surface area contributed by atoms with Crippen molar-refractivity contribution in [2.24, 2.45) is 0 Å². The summed E-state index contributed by atoms with van der Waals surface area (Å²) in [5.74, 6) is -1.08. The van der Waals surface area contributed by atoms with Gasteiger partial charge in [-0.1, -0.05) is 36.4 Å². The maximum absolute atomic E-state index is 12.4. The van der Waals surface area contributed by atoms with E-state index in [1.54, 1.807) is 24.3 Å². The predicted molar refractivity (Wildman–Crippen MR) is 89.0 cm³/mol. The van der Waals surface area contributed by atoms with E-state index in [4.69, 9.17) is 9.84 Å². The third-order valence-corrected chi connectivity index (χ3v) is 4.15. The van der Waals surface area contributed by atoms with Crippen LogP contribution in [0, 0.1) is 0 Å². The highest BCUT2D eigenvalue weighted by Crippen LogP contribution is 2.26. The first kappa shape index (κ1) is 16.2. The van der Waals surface area contributed by atoms with E-state index in [2.05, 4.69) is 5.32 Å². The summed E-state index contributed by atoms with van der Waals surface area (Å²) in [5, 5.41) is 11.8. The first-order valence-corrected chi connectivity index (χ1v) is 7.94. The number of amides is 1. The molecule has 0 fully saturated rings. The van der Waals surface area contributed by atoms with E-state index in [-0.39, 0.29) is 11.5 Å². The lowest BCUT2D eigenvalue weighted by Gasteiger charge is -2.25. The number of ether oxygens (including phenoxy) is 1. The molecule has 5 nitrogen and oxygen atoms in total. The maximum atomic E-state index is 12.4. The lowest BCUT2D eigenvalue weighted by molar-refractivity contribution is -0.134. The number of hydrogen-bond acceptors (Lipinski definition) is 3. The molecule has 0 saturated heterocycles. The van der Waals surface area contributed by atoms with E-state index in [0.29, 0.717) is 19.6 Å². The number of carbonyl (C=O) groups is 2. The van der Waals surface area contributed by atoms with Crippen LogP contribution in [-0.4, -0.2) is 30.1 Å². The fraction of sp³-hybridized carbons (Fsp3) is 0.263. The van der Waals surface area contributed by atoms with Crippen molar-refractivity contribution in [3.63, 3.8) is 0 Å². The Morgan fingerprint density at radius 1 is 1.12 bits per heavy atom. The zero-order valence-electron chi connectivity index (χ0n) is 13.2. The van der Waals surface area contributed by atoms with Crippen LogP contribution in [0.2, 0.25) is 0 Å². The van der Waals surface area contributed by atoms with Crippen LogP contribution < -0.4 is 5.32 Å². The SMILES string of the molecule is O=C(O)c1ccc(CCNC(=O)C2OCCc3ccccc32)cc1. The van der Waals surface area contributed by atoms with E-state index in [0.717, 1.165) is 23.1 Å². The Hall–Kier alpha value is -2.66. The van der Waals surface area contributed by atoms with Crippen LogP contribution in [0.5, 0.6) is 0 Å². The van der Waals surface area contributed by atoms with Gasteiger partial charge in [-0.3, -0.25) is 4.79 Å². The molecule has 1 amide bonds. The Labute approximate surface area is 140 Å². The van der Waals surface area contributed by atoms with Crippen molar-refractivity contribution in [1.82, 2.24) is 5.32 Å². The first-order chi connectivity index (χ1) is 11.6. The molecule has 0 bridgehead atoms. The van der Waals surface area contributed by atoms with Crippen molar-refractivity contribution in [2.75, 3.05) is 13.2 Å². The number of aromatic carboxylic acids is 1. The van der Waals surface area contributed by atoms with Gasteiger partial charge in [-0.2, -0.15) is 0 Å². The van der Waals surface area contributed by atoms with Crippen molar-refractivity contribution in [1.29, 1.82) is 0 Å². The van der Waals surface area contributed by atoms with Crippen LogP contribution in [0.25, 0.3) is 0 Å². The number of fused-ring (bicyclic) bond motifs is 1. The molecule has 124 valence electrons. The number of benzene rings is 2. The monoisotopic (exact) mass is 325 g/mol. The molecule has 3 rings (SSSR count). The topological polar surface area (TPSA) is 75.6 Å². The van der Waals surface area contributed by atoms with Crippen molar-refractivity contribution in [2.45, 2.75) is 18.9 Å². The van der Waals surface area contributed by atoms with E-state index < -0.39 is 12.1 Å². The fourth-order valence-corrected chi connectivity index (χ4v) is 2.85. The highest BCUT2D eigenvalue weighted by atomic mass is 16.5. The molecule has 0 spiro atoms. The van der Waals surface area contributed by atoms with E-state index in [1.165, 1.54) is 0 Å². The first-order valence-electron chi connectivity index (χ1n) is 7.94. The second kappa shape index (κ2) is 7.27. The predicted octanol–water partition coefficient (Wildman–Crippen LogP) is 2.36. The summed E-state index contributed by atoms with van der Waals surface area (Å²) in [6, 6.07) is 14.5. The summed E-state index contributed by atoms with van der Waals surface area (Å²) in [7, 11) is 0. The Morgan fingerprint density at radius 3 is 2.62 bits per heavy atom. The Kier molecular flexibility index (Phi) is 4.91. The van der Waals surface area contributed by atoms with Gasteiger partial charge in [0, 0.05) is 6.54 Å². The molecule has 2 aromatic carbocycles. The van der Waals surface area contributed by atoms with E-state index in [9.17, 15) is 9.59 Å². The second-order valence-corrected chi connectivity index (χ2v) is 5.74. The second-order valence-electron chi connectivity index (χ2n) is 5.74. The van der Waals surface area contributed by atoms with Crippen LogP contribution in [0.3, 0.4) is 0 Å². The third kappa shape index (κ3) is 3.63. The summed E-state index contributed by atoms with van der Waals surface area (Å²) in [6.07, 6.45) is 0.917. The summed E-state index contributed by atoms with van der Waals surface area (Å²) in [6.45, 7) is 1.03. The molecular weight excluding hydrogens is 306 g/mol. The van der Waals surface area contributed by atoms with E-state index >= 15 is 0 Å². The molecular formula is C19H19NO4. The van der Waals surface area contributed by atoms with Crippen LogP contribution in [-0.2, 0) is 22.4 Å². The van der Waals surface area contributed by atoms with Crippen molar-refractivity contribution < 1.29 is 19.4 Å². The zero-order valence-corrected chi connectivity index (χ0v) is 13.2. The van der Waals surface area contributed by atoms with Gasteiger partial charge in [0.1, 0.15) is 0 Å². The Balaban J connectivity index is 1.56. The molecule has 5 heteroatoms. The van der Waals surface area contributed by atoms with Gasteiger partial charge >= 0.3 is 5.97 Å². The van der Waals surface area contributed by atoms with E-state index in [1.807, 2.05) is 24.3 Å². The number of carboxylic acid groups (broad SMARTS) is 1. The largest absolute Gasteiger partial charge is 0.478 e. The lowest BCUT2D eigenvalue weighted by atomic mass is 9.97. The molecule has 1 aliphatic rings. The molecule has 24 heavy (non-hydrogen) atoms. The highest BCUT2D eigenvalue weighted by molar-refractivity contribution is 5.87.